The van der Waals surface area contributed by atoms with E-state index in [9.17, 15) is 0 Å². The molecule has 7 atom stereocenters. The van der Waals surface area contributed by atoms with E-state index in [2.05, 4.69) is 15.5 Å². The fraction of sp³-hybridized carbons (Fsp3) is 1.00. The molecule has 0 aromatic carbocycles. The molecule has 5 heteroatoms. The lowest BCUT2D eigenvalue weighted by Crippen LogP contribution is -2.46. The molecule has 2 saturated carbocycles. The van der Waals surface area contributed by atoms with Crippen molar-refractivity contribution in [3.63, 3.8) is 0 Å². The van der Waals surface area contributed by atoms with Crippen LogP contribution in [-0.2, 0) is 9.47 Å². The van der Waals surface area contributed by atoms with Crippen LogP contribution in [0.5, 0.6) is 0 Å². The van der Waals surface area contributed by atoms with Crippen molar-refractivity contribution in [3.8, 4) is 0 Å². The van der Waals surface area contributed by atoms with Gasteiger partial charge < -0.3 is 20.1 Å². The molecule has 2 bridgehead atoms. The van der Waals surface area contributed by atoms with Gasteiger partial charge in [0.1, 0.15) is 0 Å². The Morgan fingerprint density at radius 1 is 1.17 bits per heavy atom. The fourth-order valence-corrected chi connectivity index (χ4v) is 6.39. The van der Waals surface area contributed by atoms with Gasteiger partial charge in [-0.3, -0.25) is 4.90 Å². The van der Waals surface area contributed by atoms with Gasteiger partial charge in [0.05, 0.1) is 19.3 Å². The summed E-state index contributed by atoms with van der Waals surface area (Å²) in [6.45, 7) is 5.38. The summed E-state index contributed by atoms with van der Waals surface area (Å²) in [4.78, 5) is 2.67. The third-order valence-electron chi connectivity index (χ3n) is 7.77. The summed E-state index contributed by atoms with van der Waals surface area (Å²) in [5.41, 5.74) is 0.593. The highest BCUT2D eigenvalue weighted by molar-refractivity contribution is 5.14. The third kappa shape index (κ3) is 2.04. The Morgan fingerprint density at radius 3 is 2.96 bits per heavy atom. The molecule has 6 fully saturated rings. The second kappa shape index (κ2) is 4.70. The van der Waals surface area contributed by atoms with Gasteiger partial charge in [-0.15, -0.1) is 0 Å². The van der Waals surface area contributed by atoms with Crippen LogP contribution in [0.2, 0.25) is 0 Å². The molecule has 5 nitrogen and oxygen atoms in total. The maximum atomic E-state index is 6.56. The highest BCUT2D eigenvalue weighted by Gasteiger charge is 2.61. The Kier molecular flexibility index (Phi) is 2.86. The van der Waals surface area contributed by atoms with Crippen LogP contribution in [0.4, 0.5) is 0 Å². The van der Waals surface area contributed by atoms with E-state index < -0.39 is 0 Å². The second-order valence-corrected chi connectivity index (χ2v) is 9.07. The molecule has 6 rings (SSSR count). The van der Waals surface area contributed by atoms with Crippen LogP contribution in [0.15, 0.2) is 0 Å². The molecule has 4 aliphatic heterocycles. The quantitative estimate of drug-likeness (QED) is 0.784. The SMILES string of the molecule is C1CC2(CN1)CC2N1CCC2(C1)OCC(C1NC3CCC1C3)O2. The van der Waals surface area contributed by atoms with E-state index in [1.165, 1.54) is 45.2 Å². The molecule has 0 amide bonds. The number of hydrogen-bond acceptors (Lipinski definition) is 5. The summed E-state index contributed by atoms with van der Waals surface area (Å²) in [6, 6.07) is 2.09. The monoisotopic (exact) mass is 319 g/mol. The molecular formula is C18H29N3O2. The van der Waals surface area contributed by atoms with E-state index in [0.717, 1.165) is 44.1 Å². The summed E-state index contributed by atoms with van der Waals surface area (Å²) in [5, 5.41) is 7.35. The fourth-order valence-electron chi connectivity index (χ4n) is 6.39. The minimum Gasteiger partial charge on any atom is -0.346 e. The first-order valence-electron chi connectivity index (χ1n) is 9.78. The maximum absolute atomic E-state index is 6.56. The molecule has 128 valence electrons. The first-order chi connectivity index (χ1) is 11.3. The Balaban J connectivity index is 1.11. The van der Waals surface area contributed by atoms with Crippen LogP contribution in [0.3, 0.4) is 0 Å². The minimum atomic E-state index is -0.288. The zero-order valence-corrected chi connectivity index (χ0v) is 13.9. The number of hydrogen-bond donors (Lipinski definition) is 2. The molecular weight excluding hydrogens is 290 g/mol. The number of fused-ring (bicyclic) bond motifs is 2. The minimum absolute atomic E-state index is 0.284. The molecule has 4 saturated heterocycles. The molecule has 0 radical (unpaired) electrons. The summed E-state index contributed by atoms with van der Waals surface area (Å²) in [6.07, 6.45) is 8.20. The largest absolute Gasteiger partial charge is 0.346 e. The van der Waals surface area contributed by atoms with Crippen molar-refractivity contribution in [2.45, 2.75) is 68.5 Å². The lowest BCUT2D eigenvalue weighted by atomic mass is 9.95. The molecule has 6 aliphatic rings. The van der Waals surface area contributed by atoms with Gasteiger partial charge in [-0.05, 0) is 44.6 Å². The molecule has 4 heterocycles. The summed E-state index contributed by atoms with van der Waals surface area (Å²) in [7, 11) is 0. The molecule has 7 unspecified atom stereocenters. The van der Waals surface area contributed by atoms with Gasteiger partial charge >= 0.3 is 0 Å². The first kappa shape index (κ1) is 14.0. The number of piperidine rings is 1. The van der Waals surface area contributed by atoms with Crippen molar-refractivity contribution >= 4 is 0 Å². The van der Waals surface area contributed by atoms with E-state index >= 15 is 0 Å². The number of nitrogens with zero attached hydrogens (tertiary/aromatic N) is 1. The Bertz CT molecular complexity index is 508. The van der Waals surface area contributed by atoms with E-state index in [0.29, 0.717) is 11.5 Å². The molecule has 23 heavy (non-hydrogen) atoms. The normalized spacial score (nSPS) is 58.2. The van der Waals surface area contributed by atoms with Gasteiger partial charge in [0.15, 0.2) is 5.79 Å². The predicted octanol–water partition coefficient (Wildman–Crippen LogP) is 0.696. The lowest BCUT2D eigenvalue weighted by molar-refractivity contribution is -0.161. The van der Waals surface area contributed by atoms with Crippen molar-refractivity contribution < 1.29 is 9.47 Å². The van der Waals surface area contributed by atoms with E-state index in [4.69, 9.17) is 9.47 Å². The first-order valence-corrected chi connectivity index (χ1v) is 9.78. The van der Waals surface area contributed by atoms with E-state index in [-0.39, 0.29) is 11.9 Å². The predicted molar refractivity (Wildman–Crippen MR) is 86.1 cm³/mol. The van der Waals surface area contributed by atoms with Crippen LogP contribution in [0, 0.1) is 11.3 Å². The van der Waals surface area contributed by atoms with Crippen molar-refractivity contribution in [2.24, 2.45) is 11.3 Å². The Labute approximate surface area is 138 Å². The zero-order valence-electron chi connectivity index (χ0n) is 13.9. The van der Waals surface area contributed by atoms with Gasteiger partial charge in [0, 0.05) is 43.1 Å². The van der Waals surface area contributed by atoms with E-state index in [1.807, 2.05) is 0 Å². The van der Waals surface area contributed by atoms with Gasteiger partial charge in [-0.2, -0.15) is 0 Å². The number of ether oxygens (including phenoxy) is 2. The van der Waals surface area contributed by atoms with Crippen molar-refractivity contribution in [1.29, 1.82) is 0 Å². The topological polar surface area (TPSA) is 45.8 Å². The van der Waals surface area contributed by atoms with Crippen LogP contribution >= 0.6 is 0 Å². The smallest absolute Gasteiger partial charge is 0.182 e. The van der Waals surface area contributed by atoms with Crippen LogP contribution in [0.1, 0.15) is 38.5 Å². The Hall–Kier alpha value is -0.200. The number of rotatable bonds is 2. The third-order valence-corrected chi connectivity index (χ3v) is 7.77. The van der Waals surface area contributed by atoms with Crippen molar-refractivity contribution in [2.75, 3.05) is 32.8 Å². The van der Waals surface area contributed by atoms with Crippen molar-refractivity contribution in [1.82, 2.24) is 15.5 Å². The van der Waals surface area contributed by atoms with Crippen LogP contribution < -0.4 is 10.6 Å². The molecule has 2 N–H and O–H groups in total. The molecule has 0 aromatic heterocycles. The van der Waals surface area contributed by atoms with Gasteiger partial charge in [-0.25, -0.2) is 0 Å². The highest BCUT2D eigenvalue weighted by Crippen LogP contribution is 2.55. The van der Waals surface area contributed by atoms with Gasteiger partial charge in [-0.1, -0.05) is 0 Å². The number of likely N-dealkylation sites (tertiary alicyclic amines) is 1. The van der Waals surface area contributed by atoms with E-state index in [1.54, 1.807) is 0 Å². The highest BCUT2D eigenvalue weighted by atomic mass is 16.7. The van der Waals surface area contributed by atoms with Crippen molar-refractivity contribution in [3.05, 3.63) is 0 Å². The van der Waals surface area contributed by atoms with Crippen LogP contribution in [0.25, 0.3) is 0 Å². The zero-order chi connectivity index (χ0) is 15.1. The molecule has 0 aromatic rings. The number of nitrogens with one attached hydrogen (secondary N) is 2. The average Bonchev–Trinajstić information content (AvgIpc) is 3.18. The van der Waals surface area contributed by atoms with Crippen LogP contribution in [-0.4, -0.2) is 67.7 Å². The average molecular weight is 319 g/mol. The molecule has 2 aliphatic carbocycles. The lowest BCUT2D eigenvalue weighted by Gasteiger charge is -2.29. The summed E-state index contributed by atoms with van der Waals surface area (Å²) >= 11 is 0. The standard InChI is InChI=1S/C18H29N3O2/c1-2-13-7-12(1)16(20-13)14-9-22-18(23-14)4-6-21(11-18)15-8-17(15)3-5-19-10-17/h12-16,19-20H,1-11H2. The Morgan fingerprint density at radius 2 is 2.17 bits per heavy atom. The van der Waals surface area contributed by atoms with Gasteiger partial charge in [0.2, 0.25) is 0 Å². The summed E-state index contributed by atoms with van der Waals surface area (Å²) < 4.78 is 12.8. The summed E-state index contributed by atoms with van der Waals surface area (Å²) in [5.74, 6) is 0.543. The second-order valence-electron chi connectivity index (χ2n) is 9.07. The molecule has 2 spiro atoms. The maximum Gasteiger partial charge on any atom is 0.182 e. The van der Waals surface area contributed by atoms with Gasteiger partial charge in [0.25, 0.3) is 0 Å².